The van der Waals surface area contributed by atoms with E-state index in [1.165, 1.54) is 17.0 Å². The minimum atomic E-state index is -0.244. The number of H-pyrrole nitrogens is 1. The maximum atomic E-state index is 13.2. The summed E-state index contributed by atoms with van der Waals surface area (Å²) in [5.74, 6) is -0.244. The van der Waals surface area contributed by atoms with Gasteiger partial charge in [-0.05, 0) is 30.2 Å². The van der Waals surface area contributed by atoms with Crippen molar-refractivity contribution in [1.82, 2.24) is 14.8 Å². The highest BCUT2D eigenvalue weighted by atomic mass is 19.1. The van der Waals surface area contributed by atoms with E-state index in [4.69, 9.17) is 0 Å². The third-order valence-corrected chi connectivity index (χ3v) is 3.16. The minimum Gasteiger partial charge on any atom is -0.361 e. The lowest BCUT2D eigenvalue weighted by Crippen LogP contribution is -2.37. The van der Waals surface area contributed by atoms with Crippen molar-refractivity contribution < 1.29 is 9.18 Å². The molecule has 0 saturated carbocycles. The summed E-state index contributed by atoms with van der Waals surface area (Å²) in [4.78, 5) is 18.0. The lowest BCUT2D eigenvalue weighted by molar-refractivity contribution is 0.182. The van der Waals surface area contributed by atoms with E-state index in [1.807, 2.05) is 6.20 Å². The fraction of sp³-hybridized carbons (Fsp3) is 0.357. The molecule has 1 aromatic carbocycles. The van der Waals surface area contributed by atoms with Crippen LogP contribution < -0.4 is 0 Å². The molecule has 4 nitrogen and oxygen atoms in total. The Bertz CT molecular complexity index is 591. The number of halogens is 1. The van der Waals surface area contributed by atoms with Gasteiger partial charge >= 0.3 is 6.03 Å². The van der Waals surface area contributed by atoms with Crippen molar-refractivity contribution in [2.75, 3.05) is 27.7 Å². The largest absolute Gasteiger partial charge is 0.361 e. The first-order chi connectivity index (χ1) is 8.99. The van der Waals surface area contributed by atoms with Gasteiger partial charge in [-0.1, -0.05) is 0 Å². The highest BCUT2D eigenvalue weighted by molar-refractivity contribution is 5.83. The van der Waals surface area contributed by atoms with Crippen LogP contribution in [0.25, 0.3) is 10.9 Å². The van der Waals surface area contributed by atoms with Crippen molar-refractivity contribution in [2.45, 2.75) is 6.42 Å². The van der Waals surface area contributed by atoms with Gasteiger partial charge in [-0.15, -0.1) is 0 Å². The molecular weight excluding hydrogens is 245 g/mol. The number of aromatic amines is 1. The second-order valence-corrected chi connectivity index (χ2v) is 4.85. The maximum absolute atomic E-state index is 13.2. The number of hydrogen-bond donors (Lipinski definition) is 1. The quantitative estimate of drug-likeness (QED) is 0.907. The van der Waals surface area contributed by atoms with E-state index in [-0.39, 0.29) is 11.8 Å². The number of benzene rings is 1. The van der Waals surface area contributed by atoms with E-state index in [1.54, 1.807) is 32.1 Å². The fourth-order valence-electron chi connectivity index (χ4n) is 2.08. The SMILES string of the molecule is CN(C)C(=O)N(C)CCc1c[nH]c2ccc(F)cc12. The number of nitrogens with zero attached hydrogens (tertiary/aromatic N) is 2. The van der Waals surface area contributed by atoms with E-state index < -0.39 is 0 Å². The van der Waals surface area contributed by atoms with Crippen molar-refractivity contribution in [1.29, 1.82) is 0 Å². The molecule has 1 N–H and O–H groups in total. The van der Waals surface area contributed by atoms with Gasteiger partial charge in [0.15, 0.2) is 0 Å². The van der Waals surface area contributed by atoms with Crippen molar-refractivity contribution in [3.63, 3.8) is 0 Å². The number of nitrogens with one attached hydrogen (secondary N) is 1. The molecule has 0 aliphatic rings. The molecule has 0 spiro atoms. The standard InChI is InChI=1S/C14H18FN3O/c1-17(2)14(19)18(3)7-6-10-9-16-13-5-4-11(15)8-12(10)13/h4-5,8-9,16H,6-7H2,1-3H3. The van der Waals surface area contributed by atoms with Crippen molar-refractivity contribution in [2.24, 2.45) is 0 Å². The number of fused-ring (bicyclic) bond motifs is 1. The highest BCUT2D eigenvalue weighted by Crippen LogP contribution is 2.20. The summed E-state index contributed by atoms with van der Waals surface area (Å²) in [6.45, 7) is 0.598. The Hall–Kier alpha value is -2.04. The van der Waals surface area contributed by atoms with Crippen molar-refractivity contribution in [3.8, 4) is 0 Å². The minimum absolute atomic E-state index is 0.0361. The van der Waals surface area contributed by atoms with E-state index in [0.29, 0.717) is 13.0 Å². The Morgan fingerprint density at radius 1 is 1.32 bits per heavy atom. The molecule has 0 aliphatic carbocycles. The van der Waals surface area contributed by atoms with Crippen LogP contribution in [0.2, 0.25) is 0 Å². The van der Waals surface area contributed by atoms with Crippen LogP contribution >= 0.6 is 0 Å². The van der Waals surface area contributed by atoms with Crippen LogP contribution in [0.5, 0.6) is 0 Å². The van der Waals surface area contributed by atoms with Crippen LogP contribution in [-0.2, 0) is 6.42 Å². The second-order valence-electron chi connectivity index (χ2n) is 4.85. The molecule has 5 heteroatoms. The smallest absolute Gasteiger partial charge is 0.319 e. The summed E-state index contributed by atoms with van der Waals surface area (Å²) in [6.07, 6.45) is 2.57. The van der Waals surface area contributed by atoms with Gasteiger partial charge in [-0.25, -0.2) is 9.18 Å². The lowest BCUT2D eigenvalue weighted by Gasteiger charge is -2.21. The fourth-order valence-corrected chi connectivity index (χ4v) is 2.08. The first kappa shape index (κ1) is 13.4. The van der Waals surface area contributed by atoms with Gasteiger partial charge in [-0.3, -0.25) is 0 Å². The summed E-state index contributed by atoms with van der Waals surface area (Å²) < 4.78 is 13.2. The lowest BCUT2D eigenvalue weighted by atomic mass is 10.1. The molecule has 2 rings (SSSR count). The van der Waals surface area contributed by atoms with E-state index in [2.05, 4.69) is 4.98 Å². The van der Waals surface area contributed by atoms with Gasteiger partial charge in [-0.2, -0.15) is 0 Å². The van der Waals surface area contributed by atoms with Crippen molar-refractivity contribution in [3.05, 3.63) is 35.8 Å². The topological polar surface area (TPSA) is 39.3 Å². The molecule has 1 heterocycles. The molecule has 0 bridgehead atoms. The molecule has 2 aromatic rings. The molecule has 0 fully saturated rings. The van der Waals surface area contributed by atoms with E-state index >= 15 is 0 Å². The first-order valence-corrected chi connectivity index (χ1v) is 6.17. The molecule has 0 radical (unpaired) electrons. The summed E-state index contributed by atoms with van der Waals surface area (Å²) in [5.41, 5.74) is 1.94. The molecule has 0 atom stereocenters. The Kier molecular flexibility index (Phi) is 3.74. The van der Waals surface area contributed by atoms with Crippen LogP contribution in [0.15, 0.2) is 24.4 Å². The summed E-state index contributed by atoms with van der Waals surface area (Å²) in [5, 5.41) is 0.880. The third-order valence-electron chi connectivity index (χ3n) is 3.16. The zero-order valence-corrected chi connectivity index (χ0v) is 11.4. The number of carbonyl (C=O) groups is 1. The molecular formula is C14H18FN3O. The number of likely N-dealkylation sites (N-methyl/N-ethyl adjacent to an activating group) is 1. The Morgan fingerprint density at radius 3 is 2.74 bits per heavy atom. The zero-order chi connectivity index (χ0) is 14.0. The van der Waals surface area contributed by atoms with Gasteiger partial charge in [0, 0.05) is 44.8 Å². The normalized spacial score (nSPS) is 10.7. The van der Waals surface area contributed by atoms with Crippen molar-refractivity contribution >= 4 is 16.9 Å². The first-order valence-electron chi connectivity index (χ1n) is 6.17. The maximum Gasteiger partial charge on any atom is 0.319 e. The highest BCUT2D eigenvalue weighted by Gasteiger charge is 2.11. The Labute approximate surface area is 111 Å². The second kappa shape index (κ2) is 5.30. The molecule has 0 unspecified atom stereocenters. The average Bonchev–Trinajstić information content (AvgIpc) is 2.77. The average molecular weight is 263 g/mol. The number of carbonyl (C=O) groups excluding carboxylic acids is 1. The molecule has 0 saturated heterocycles. The van der Waals surface area contributed by atoms with Gasteiger partial charge in [0.1, 0.15) is 5.82 Å². The monoisotopic (exact) mass is 263 g/mol. The van der Waals surface area contributed by atoms with Crippen LogP contribution in [-0.4, -0.2) is 48.5 Å². The van der Waals surface area contributed by atoms with Gasteiger partial charge in [0.05, 0.1) is 0 Å². The predicted octanol–water partition coefficient (Wildman–Crippen LogP) is 2.46. The molecule has 0 aliphatic heterocycles. The predicted molar refractivity (Wildman–Crippen MR) is 73.7 cm³/mol. The number of urea groups is 1. The number of rotatable bonds is 3. The Morgan fingerprint density at radius 2 is 2.05 bits per heavy atom. The third kappa shape index (κ3) is 2.86. The molecule has 102 valence electrons. The summed E-state index contributed by atoms with van der Waals surface area (Å²) in [6, 6.07) is 4.65. The van der Waals surface area contributed by atoms with Gasteiger partial charge in [0.2, 0.25) is 0 Å². The molecule has 1 aromatic heterocycles. The molecule has 19 heavy (non-hydrogen) atoms. The number of hydrogen-bond acceptors (Lipinski definition) is 1. The van der Waals surface area contributed by atoms with Crippen LogP contribution in [0.4, 0.5) is 9.18 Å². The van der Waals surface area contributed by atoms with E-state index in [9.17, 15) is 9.18 Å². The van der Waals surface area contributed by atoms with E-state index in [0.717, 1.165) is 16.5 Å². The summed E-state index contributed by atoms with van der Waals surface area (Å²) in [7, 11) is 5.21. The molecule has 2 amide bonds. The number of aromatic nitrogens is 1. The number of amides is 2. The zero-order valence-electron chi connectivity index (χ0n) is 11.4. The van der Waals surface area contributed by atoms with Crippen LogP contribution in [0.3, 0.4) is 0 Å². The van der Waals surface area contributed by atoms with Crippen LogP contribution in [0, 0.1) is 5.82 Å². The van der Waals surface area contributed by atoms with Crippen LogP contribution in [0.1, 0.15) is 5.56 Å². The van der Waals surface area contributed by atoms with Gasteiger partial charge < -0.3 is 14.8 Å². The Balaban J connectivity index is 2.10. The summed E-state index contributed by atoms with van der Waals surface area (Å²) >= 11 is 0. The van der Waals surface area contributed by atoms with Gasteiger partial charge in [0.25, 0.3) is 0 Å².